The number of ether oxygens (including phenoxy) is 1. The van der Waals surface area contributed by atoms with Gasteiger partial charge in [-0.25, -0.2) is 15.0 Å². The summed E-state index contributed by atoms with van der Waals surface area (Å²) in [5.41, 5.74) is 2.66. The maximum Gasteiger partial charge on any atom is 0.166 e. The summed E-state index contributed by atoms with van der Waals surface area (Å²) in [6.07, 6.45) is 1.05. The van der Waals surface area contributed by atoms with Gasteiger partial charge in [-0.3, -0.25) is 0 Å². The molecule has 3 aromatic rings. The van der Waals surface area contributed by atoms with Crippen molar-refractivity contribution >= 4 is 28.6 Å². The predicted octanol–water partition coefficient (Wildman–Crippen LogP) is 2.90. The number of fused-ring (bicyclic) bond motifs is 1. The maximum absolute atomic E-state index is 6.56. The summed E-state index contributed by atoms with van der Waals surface area (Å²) in [5.74, 6) is 2.99. The topological polar surface area (TPSA) is 68.1 Å². The number of aromatic nitrogens is 4. The lowest BCUT2D eigenvalue weighted by atomic mass is 10.1. The molecule has 4 heterocycles. The molecule has 2 aliphatic rings. The van der Waals surface area contributed by atoms with E-state index in [9.17, 15) is 0 Å². The SMILES string of the molecule is Cc1nc(N2CCNCC2)c2nc(-c3ccccc3Cl)n(CC3CCOC3)c2n1. The van der Waals surface area contributed by atoms with E-state index in [2.05, 4.69) is 14.8 Å². The van der Waals surface area contributed by atoms with Gasteiger partial charge < -0.3 is 19.5 Å². The highest BCUT2D eigenvalue weighted by atomic mass is 35.5. The minimum absolute atomic E-state index is 0.451. The van der Waals surface area contributed by atoms with Crippen LogP contribution < -0.4 is 10.2 Å². The second-order valence-electron chi connectivity index (χ2n) is 7.76. The average Bonchev–Trinajstić information content (AvgIpc) is 3.37. The molecule has 0 radical (unpaired) electrons. The van der Waals surface area contributed by atoms with Crippen LogP contribution in [0.15, 0.2) is 24.3 Å². The Morgan fingerprint density at radius 2 is 2.00 bits per heavy atom. The smallest absolute Gasteiger partial charge is 0.166 e. The van der Waals surface area contributed by atoms with Gasteiger partial charge in [0.1, 0.15) is 11.6 Å². The number of imidazole rings is 1. The van der Waals surface area contributed by atoms with Crippen molar-refractivity contribution < 1.29 is 4.74 Å². The zero-order chi connectivity index (χ0) is 19.8. The average molecular weight is 413 g/mol. The van der Waals surface area contributed by atoms with E-state index in [1.165, 1.54) is 0 Å². The third-order valence-electron chi connectivity index (χ3n) is 5.68. The van der Waals surface area contributed by atoms with Crippen LogP contribution in [-0.2, 0) is 11.3 Å². The van der Waals surface area contributed by atoms with Crippen molar-refractivity contribution in [3.8, 4) is 11.4 Å². The Morgan fingerprint density at radius 3 is 2.76 bits per heavy atom. The van der Waals surface area contributed by atoms with Crippen molar-refractivity contribution in [2.45, 2.75) is 19.9 Å². The molecule has 2 aromatic heterocycles. The minimum Gasteiger partial charge on any atom is -0.381 e. The number of hydrogen-bond donors (Lipinski definition) is 1. The summed E-state index contributed by atoms with van der Waals surface area (Å²) in [6, 6.07) is 7.88. The largest absolute Gasteiger partial charge is 0.381 e. The molecule has 8 heteroatoms. The first-order valence-corrected chi connectivity index (χ1v) is 10.6. The van der Waals surface area contributed by atoms with E-state index in [0.717, 1.165) is 86.6 Å². The standard InChI is InChI=1S/C21H25ClN6O/c1-14-24-20(27-9-7-23-8-10-27)18-21(25-14)28(12-15-6-11-29-13-15)19(26-18)16-4-2-3-5-17(16)22/h2-5,15,23H,6-13H2,1H3. The van der Waals surface area contributed by atoms with Crippen LogP contribution in [-0.4, -0.2) is 58.9 Å². The van der Waals surface area contributed by atoms with Crippen molar-refractivity contribution in [2.75, 3.05) is 44.3 Å². The number of piperazine rings is 1. The monoisotopic (exact) mass is 412 g/mol. The lowest BCUT2D eigenvalue weighted by Gasteiger charge is -2.28. The summed E-state index contributed by atoms with van der Waals surface area (Å²) in [7, 11) is 0. The predicted molar refractivity (Wildman–Crippen MR) is 115 cm³/mol. The Bertz CT molecular complexity index is 1020. The zero-order valence-corrected chi connectivity index (χ0v) is 17.3. The van der Waals surface area contributed by atoms with Gasteiger partial charge in [0.25, 0.3) is 0 Å². The molecule has 0 aliphatic carbocycles. The molecule has 1 N–H and O–H groups in total. The fraction of sp³-hybridized carbons (Fsp3) is 0.476. The molecule has 1 atom stereocenters. The second-order valence-corrected chi connectivity index (χ2v) is 8.17. The summed E-state index contributed by atoms with van der Waals surface area (Å²) in [6.45, 7) is 8.08. The van der Waals surface area contributed by atoms with Gasteiger partial charge in [-0.05, 0) is 25.5 Å². The van der Waals surface area contributed by atoms with E-state index in [-0.39, 0.29) is 0 Å². The molecule has 0 spiro atoms. The van der Waals surface area contributed by atoms with Crippen LogP contribution in [0.3, 0.4) is 0 Å². The number of benzene rings is 1. The van der Waals surface area contributed by atoms with Crippen molar-refractivity contribution in [3.63, 3.8) is 0 Å². The van der Waals surface area contributed by atoms with Gasteiger partial charge in [-0.2, -0.15) is 0 Å². The number of nitrogens with zero attached hydrogens (tertiary/aromatic N) is 5. The van der Waals surface area contributed by atoms with E-state index in [1.807, 2.05) is 31.2 Å². The molecule has 2 aliphatic heterocycles. The molecule has 29 heavy (non-hydrogen) atoms. The van der Waals surface area contributed by atoms with Gasteiger partial charge in [-0.15, -0.1) is 0 Å². The Hall–Kier alpha value is -2.22. The van der Waals surface area contributed by atoms with Gasteiger partial charge in [0, 0.05) is 50.8 Å². The normalized spacial score (nSPS) is 19.9. The van der Waals surface area contributed by atoms with Crippen LogP contribution in [0.5, 0.6) is 0 Å². The van der Waals surface area contributed by atoms with E-state index in [1.54, 1.807) is 0 Å². The van der Waals surface area contributed by atoms with Gasteiger partial charge in [0.15, 0.2) is 17.0 Å². The number of hydrogen-bond acceptors (Lipinski definition) is 6. The molecule has 5 rings (SSSR count). The van der Waals surface area contributed by atoms with Crippen LogP contribution in [0, 0.1) is 12.8 Å². The minimum atomic E-state index is 0.451. The Balaban J connectivity index is 1.70. The van der Waals surface area contributed by atoms with Crippen molar-refractivity contribution in [3.05, 3.63) is 35.1 Å². The van der Waals surface area contributed by atoms with Crippen molar-refractivity contribution in [2.24, 2.45) is 5.92 Å². The van der Waals surface area contributed by atoms with Crippen molar-refractivity contribution in [1.29, 1.82) is 0 Å². The van der Waals surface area contributed by atoms with E-state index < -0.39 is 0 Å². The molecular weight excluding hydrogens is 388 g/mol. The quantitative estimate of drug-likeness (QED) is 0.710. The summed E-state index contributed by atoms with van der Waals surface area (Å²) < 4.78 is 7.84. The molecule has 2 fully saturated rings. The third-order valence-corrected chi connectivity index (χ3v) is 6.01. The lowest BCUT2D eigenvalue weighted by molar-refractivity contribution is 0.183. The Labute approximate surface area is 175 Å². The van der Waals surface area contributed by atoms with Gasteiger partial charge in [-0.1, -0.05) is 23.7 Å². The number of nitrogens with one attached hydrogen (secondary N) is 1. The highest BCUT2D eigenvalue weighted by molar-refractivity contribution is 6.33. The number of anilines is 1. The lowest BCUT2D eigenvalue weighted by Crippen LogP contribution is -2.44. The van der Waals surface area contributed by atoms with Gasteiger partial charge in [0.05, 0.1) is 11.6 Å². The van der Waals surface area contributed by atoms with E-state index >= 15 is 0 Å². The van der Waals surface area contributed by atoms with Crippen LogP contribution in [0.25, 0.3) is 22.6 Å². The Kier molecular flexibility index (Phi) is 5.11. The molecule has 0 saturated carbocycles. The molecule has 0 bridgehead atoms. The molecule has 152 valence electrons. The first kappa shape index (κ1) is 18.8. The molecule has 1 unspecified atom stereocenters. The van der Waals surface area contributed by atoms with Crippen LogP contribution in [0.1, 0.15) is 12.2 Å². The van der Waals surface area contributed by atoms with Crippen LogP contribution in [0.4, 0.5) is 5.82 Å². The third kappa shape index (κ3) is 3.58. The number of rotatable bonds is 4. The first-order chi connectivity index (χ1) is 14.2. The fourth-order valence-electron chi connectivity index (χ4n) is 4.20. The Morgan fingerprint density at radius 1 is 1.17 bits per heavy atom. The van der Waals surface area contributed by atoms with Gasteiger partial charge in [0.2, 0.25) is 0 Å². The van der Waals surface area contributed by atoms with Gasteiger partial charge >= 0.3 is 0 Å². The zero-order valence-electron chi connectivity index (χ0n) is 16.6. The molecular formula is C21H25ClN6O. The maximum atomic E-state index is 6.56. The van der Waals surface area contributed by atoms with E-state index in [4.69, 9.17) is 31.3 Å². The summed E-state index contributed by atoms with van der Waals surface area (Å²) in [5, 5.41) is 4.10. The fourth-order valence-corrected chi connectivity index (χ4v) is 4.42. The van der Waals surface area contributed by atoms with Crippen molar-refractivity contribution in [1.82, 2.24) is 24.8 Å². The molecule has 2 saturated heterocycles. The first-order valence-electron chi connectivity index (χ1n) is 10.2. The van der Waals surface area contributed by atoms with Crippen LogP contribution in [0.2, 0.25) is 5.02 Å². The molecule has 7 nitrogen and oxygen atoms in total. The van der Waals surface area contributed by atoms with Crippen LogP contribution >= 0.6 is 11.6 Å². The summed E-state index contributed by atoms with van der Waals surface area (Å²) >= 11 is 6.56. The highest BCUT2D eigenvalue weighted by Crippen LogP contribution is 2.34. The summed E-state index contributed by atoms with van der Waals surface area (Å²) in [4.78, 5) is 17.0. The second kappa shape index (κ2) is 7.89. The van der Waals surface area contributed by atoms with E-state index in [0.29, 0.717) is 10.9 Å². The number of halogens is 1. The molecule has 1 aromatic carbocycles. The number of aryl methyl sites for hydroxylation is 1. The molecule has 0 amide bonds. The highest BCUT2D eigenvalue weighted by Gasteiger charge is 2.26.